The average Bonchev–Trinajstić information content (AvgIpc) is 2.21. The molecule has 0 aliphatic heterocycles. The molecular formula is C11H30N2O7S4. The summed E-state index contributed by atoms with van der Waals surface area (Å²) in [7, 11) is -2.36. The smallest absolute Gasteiger partial charge is 0.231 e. The molecular weight excluding hydrogens is 400 g/mol. The maximum absolute atomic E-state index is 9.29. The Kier molecular flexibility index (Phi) is 17.7. The lowest BCUT2D eigenvalue weighted by Gasteiger charge is -2.14. The lowest BCUT2D eigenvalue weighted by atomic mass is 10.3. The quantitative estimate of drug-likeness (QED) is 0.114. The van der Waals surface area contributed by atoms with Crippen molar-refractivity contribution in [2.24, 2.45) is 0 Å². The van der Waals surface area contributed by atoms with Crippen molar-refractivity contribution in [3.05, 3.63) is 0 Å². The Bertz CT molecular complexity index is 451. The summed E-state index contributed by atoms with van der Waals surface area (Å²) >= 11 is 8.35. The van der Waals surface area contributed by atoms with Gasteiger partial charge in [0.05, 0.1) is 41.3 Å². The number of hydrogen-bond acceptors (Lipinski definition) is 9. The van der Waals surface area contributed by atoms with Crippen LogP contribution in [-0.4, -0.2) is 76.3 Å². The topological polar surface area (TPSA) is 140 Å². The van der Waals surface area contributed by atoms with Gasteiger partial charge in [0.2, 0.25) is 20.8 Å². The maximum atomic E-state index is 9.29. The van der Waals surface area contributed by atoms with Gasteiger partial charge in [-0.2, -0.15) is 28.9 Å². The van der Waals surface area contributed by atoms with Crippen LogP contribution in [0.3, 0.4) is 0 Å². The zero-order valence-corrected chi connectivity index (χ0v) is 18.1. The average molecular weight is 431 g/mol. The summed E-state index contributed by atoms with van der Waals surface area (Å²) in [6.45, 7) is 4.69. The molecule has 13 heteroatoms. The van der Waals surface area contributed by atoms with Crippen LogP contribution in [0, 0.1) is 0 Å². The Balaban J connectivity index is -0.000000291. The van der Waals surface area contributed by atoms with E-state index in [0.717, 1.165) is 10.9 Å². The third kappa shape index (κ3) is 57.1. The summed E-state index contributed by atoms with van der Waals surface area (Å²) < 4.78 is 59.5. The van der Waals surface area contributed by atoms with Gasteiger partial charge in [0, 0.05) is 4.58 Å². The molecule has 24 heavy (non-hydrogen) atoms. The molecule has 0 bridgehead atoms. The van der Waals surface area contributed by atoms with Crippen molar-refractivity contribution < 1.29 is 39.4 Å². The van der Waals surface area contributed by atoms with Crippen LogP contribution < -0.4 is 5.32 Å². The molecule has 0 saturated heterocycles. The zero-order chi connectivity index (χ0) is 20.0. The Hall–Kier alpha value is 0.400. The third-order valence-corrected chi connectivity index (χ3v) is 3.38. The van der Waals surface area contributed by atoms with Gasteiger partial charge in [0.15, 0.2) is 0 Å². The van der Waals surface area contributed by atoms with Crippen LogP contribution in [0.1, 0.15) is 26.2 Å². The van der Waals surface area contributed by atoms with E-state index in [4.69, 9.17) is 0 Å². The molecule has 0 unspecified atom stereocenters. The molecule has 0 spiro atoms. The van der Waals surface area contributed by atoms with E-state index < -0.39 is 20.8 Å². The maximum Gasteiger partial charge on any atom is 0.231 e. The fourth-order valence-corrected chi connectivity index (χ4v) is 2.08. The summed E-state index contributed by atoms with van der Waals surface area (Å²) in [4.78, 5) is 0. The van der Waals surface area contributed by atoms with Crippen molar-refractivity contribution in [2.45, 2.75) is 30.8 Å². The molecule has 2 N–H and O–H groups in total. The predicted molar refractivity (Wildman–Crippen MR) is 97.4 cm³/mol. The fourth-order valence-electron chi connectivity index (χ4n) is 0.895. The molecule has 0 saturated carbocycles. The number of nitrogens with two attached hydrogens (primary N) is 1. The first-order valence-corrected chi connectivity index (χ1v) is 10.8. The molecule has 9 nitrogen and oxygen atoms in total. The minimum atomic E-state index is -5.43. The van der Waals surface area contributed by atoms with Crippen LogP contribution in [0.4, 0.5) is 0 Å². The lowest BCUT2D eigenvalue weighted by molar-refractivity contribution is -0.849. The molecule has 0 aliphatic carbocycles. The van der Waals surface area contributed by atoms with Gasteiger partial charge in [0.25, 0.3) is 0 Å². The number of nitrogens with zero attached hydrogens (tertiary/aromatic N) is 1. The second-order valence-corrected chi connectivity index (χ2v) is 9.89. The first-order valence-electron chi connectivity index (χ1n) is 7.07. The Morgan fingerprint density at radius 2 is 1.38 bits per heavy atom. The molecule has 0 heterocycles. The normalized spacial score (nSPS) is 12.1. The minimum absolute atomic E-state index is 0.273. The molecule has 0 fully saturated rings. The number of quaternary nitrogens is 2. The molecule has 0 atom stereocenters. The Morgan fingerprint density at radius 1 is 1.00 bits per heavy atom. The van der Waals surface area contributed by atoms with E-state index in [9.17, 15) is 25.9 Å². The van der Waals surface area contributed by atoms with Crippen molar-refractivity contribution >= 4 is 46.1 Å². The molecule has 0 aromatic carbocycles. The van der Waals surface area contributed by atoms with Gasteiger partial charge in [-0.15, -0.1) is 0 Å². The Labute approximate surface area is 157 Å². The summed E-state index contributed by atoms with van der Waals surface area (Å²) in [6.07, 6.45) is 3.62. The first-order chi connectivity index (χ1) is 10.5. The highest BCUT2D eigenvalue weighted by Crippen LogP contribution is 2.06. The summed E-state index contributed by atoms with van der Waals surface area (Å²) in [5, 5.41) is 2.35. The molecule has 0 aliphatic rings. The van der Waals surface area contributed by atoms with Crippen molar-refractivity contribution in [1.29, 1.82) is 0 Å². The Morgan fingerprint density at radius 3 is 1.58 bits per heavy atom. The van der Waals surface area contributed by atoms with Gasteiger partial charge in [-0.05, 0) is 19.3 Å². The predicted octanol–water partition coefficient (Wildman–Crippen LogP) is -0.828. The van der Waals surface area contributed by atoms with Crippen molar-refractivity contribution in [2.75, 3.05) is 41.3 Å². The van der Waals surface area contributed by atoms with Crippen LogP contribution >= 0.6 is 25.3 Å². The number of hydrogen-bond donors (Lipinski definition) is 3. The van der Waals surface area contributed by atoms with Crippen LogP contribution in [-0.2, 0) is 24.4 Å². The molecule has 0 rings (SSSR count). The summed E-state index contributed by atoms with van der Waals surface area (Å²) in [5.74, 6) is 0. The van der Waals surface area contributed by atoms with E-state index >= 15 is 0 Å². The van der Waals surface area contributed by atoms with Crippen LogP contribution in [0.25, 0.3) is 0 Å². The van der Waals surface area contributed by atoms with E-state index in [0.29, 0.717) is 0 Å². The van der Waals surface area contributed by atoms with Crippen molar-refractivity contribution in [3.63, 3.8) is 0 Å². The van der Waals surface area contributed by atoms with Crippen LogP contribution in [0.5, 0.6) is 0 Å². The van der Waals surface area contributed by atoms with Crippen LogP contribution in [0.2, 0.25) is 0 Å². The zero-order valence-electron chi connectivity index (χ0n) is 14.7. The van der Waals surface area contributed by atoms with Gasteiger partial charge in [-0.1, -0.05) is 6.92 Å². The summed E-state index contributed by atoms with van der Waals surface area (Å²) in [6, 6.07) is 0. The van der Waals surface area contributed by atoms with Crippen molar-refractivity contribution in [3.8, 4) is 0 Å². The van der Waals surface area contributed by atoms with E-state index in [1.54, 1.807) is 0 Å². The standard InChI is InChI=1S/C7H17NS2.C4H12N.H2O7S2/c1-2-5-8-6-3-4-7(9)10;1-5(2,3)4;1-8(2,3)7-9(4,5)6/h7-10H,2-6H2,1H3;1-4H3;(H,1,2,3)(H,4,5,6)/q;+1;/p-1. The first kappa shape index (κ1) is 29.2. The van der Waals surface area contributed by atoms with Gasteiger partial charge in [-0.3, -0.25) is 0 Å². The second-order valence-electron chi connectivity index (χ2n) is 6.06. The van der Waals surface area contributed by atoms with E-state index in [1.807, 2.05) is 0 Å². The van der Waals surface area contributed by atoms with Gasteiger partial charge in [-0.25, -0.2) is 16.8 Å². The van der Waals surface area contributed by atoms with E-state index in [-0.39, 0.29) is 4.58 Å². The van der Waals surface area contributed by atoms with Gasteiger partial charge in [0.1, 0.15) is 0 Å². The lowest BCUT2D eigenvalue weighted by Crippen LogP contribution is -2.84. The fraction of sp³-hybridized carbons (Fsp3) is 1.00. The minimum Gasteiger partial charge on any atom is -0.725 e. The molecule has 0 aromatic heterocycles. The SMILES string of the molecule is CCC[NH2+]CCCC(S)S.C[N+](C)(C)C.O=S(=O)([O-])OS(=O)(=O)[O-]. The van der Waals surface area contributed by atoms with Gasteiger partial charge < -0.3 is 18.9 Å². The highest BCUT2D eigenvalue weighted by molar-refractivity contribution is 7.99. The number of rotatable bonds is 8. The third-order valence-electron chi connectivity index (χ3n) is 1.53. The molecule has 0 aromatic rings. The van der Waals surface area contributed by atoms with E-state index in [1.165, 1.54) is 25.9 Å². The highest BCUT2D eigenvalue weighted by Gasteiger charge is 1.99. The molecule has 0 radical (unpaired) electrons. The van der Waals surface area contributed by atoms with Crippen LogP contribution in [0.15, 0.2) is 0 Å². The molecule has 0 amide bonds. The van der Waals surface area contributed by atoms with Crippen molar-refractivity contribution in [1.82, 2.24) is 0 Å². The number of thiol groups is 2. The largest absolute Gasteiger partial charge is 0.725 e. The van der Waals surface area contributed by atoms with Gasteiger partial charge >= 0.3 is 0 Å². The monoisotopic (exact) mass is 430 g/mol. The highest BCUT2D eigenvalue weighted by atomic mass is 32.3. The van der Waals surface area contributed by atoms with E-state index in [2.05, 4.69) is 69.3 Å². The second kappa shape index (κ2) is 14.6. The summed E-state index contributed by atoms with van der Waals surface area (Å²) in [5.41, 5.74) is 0. The molecule has 150 valence electrons.